The Morgan fingerprint density at radius 3 is 2.38 bits per heavy atom. The van der Waals surface area contributed by atoms with E-state index in [-0.39, 0.29) is 5.91 Å². The maximum atomic E-state index is 11.6. The summed E-state index contributed by atoms with van der Waals surface area (Å²) in [6, 6.07) is 13.7. The highest BCUT2D eigenvalue weighted by atomic mass is 32.2. The number of nitrogens with one attached hydrogen (secondary N) is 1. The monoisotopic (exact) mass is 300 g/mol. The smallest absolute Gasteiger partial charge is 0.240 e. The molecule has 3 nitrogen and oxygen atoms in total. The second kappa shape index (κ2) is 6.78. The van der Waals surface area contributed by atoms with E-state index in [1.165, 1.54) is 16.0 Å². The van der Waals surface area contributed by atoms with E-state index in [4.69, 9.17) is 5.73 Å². The van der Waals surface area contributed by atoms with Gasteiger partial charge in [-0.15, -0.1) is 0 Å². The molecule has 0 radical (unpaired) electrons. The summed E-state index contributed by atoms with van der Waals surface area (Å²) in [5.74, 6) is -0.177. The first kappa shape index (κ1) is 15.6. The lowest BCUT2D eigenvalue weighted by atomic mass is 10.2. The van der Waals surface area contributed by atoms with Gasteiger partial charge in [0.25, 0.3) is 0 Å². The summed E-state index contributed by atoms with van der Waals surface area (Å²) in [4.78, 5) is 13.9. The molecule has 0 spiro atoms. The molecular weight excluding hydrogens is 280 g/mol. The molecule has 0 saturated heterocycles. The lowest BCUT2D eigenvalue weighted by Gasteiger charge is -2.10. The van der Waals surface area contributed by atoms with E-state index in [2.05, 4.69) is 37.4 Å². The van der Waals surface area contributed by atoms with Crippen LogP contribution < -0.4 is 11.1 Å². The van der Waals surface area contributed by atoms with Gasteiger partial charge in [0, 0.05) is 15.5 Å². The maximum Gasteiger partial charge on any atom is 0.240 e. The second-order valence-electron chi connectivity index (χ2n) is 5.23. The van der Waals surface area contributed by atoms with Crippen LogP contribution in [0.5, 0.6) is 0 Å². The molecule has 0 aliphatic rings. The molecule has 2 aromatic rings. The van der Waals surface area contributed by atoms with Crippen LogP contribution in [-0.4, -0.2) is 11.9 Å². The Bertz CT molecular complexity index is 633. The lowest BCUT2D eigenvalue weighted by molar-refractivity contribution is -0.117. The topological polar surface area (TPSA) is 55.1 Å². The van der Waals surface area contributed by atoms with Gasteiger partial charge < -0.3 is 11.1 Å². The fourth-order valence-corrected chi connectivity index (χ4v) is 3.12. The highest BCUT2D eigenvalue weighted by Gasteiger charge is 2.08. The Morgan fingerprint density at radius 2 is 1.76 bits per heavy atom. The first-order valence-electron chi connectivity index (χ1n) is 6.87. The predicted molar refractivity (Wildman–Crippen MR) is 88.8 cm³/mol. The number of hydrogen-bond acceptors (Lipinski definition) is 3. The third-order valence-corrected chi connectivity index (χ3v) is 3.91. The lowest BCUT2D eigenvalue weighted by Crippen LogP contribution is -2.32. The van der Waals surface area contributed by atoms with Crippen LogP contribution in [0.2, 0.25) is 0 Å². The summed E-state index contributed by atoms with van der Waals surface area (Å²) in [7, 11) is 0. The van der Waals surface area contributed by atoms with Gasteiger partial charge in [-0.05, 0) is 62.2 Å². The third kappa shape index (κ3) is 4.62. The van der Waals surface area contributed by atoms with Crippen molar-refractivity contribution in [1.29, 1.82) is 0 Å². The van der Waals surface area contributed by atoms with Gasteiger partial charge in [-0.3, -0.25) is 4.79 Å². The van der Waals surface area contributed by atoms with Crippen molar-refractivity contribution in [3.05, 3.63) is 53.6 Å². The fourth-order valence-electron chi connectivity index (χ4n) is 2.02. The molecule has 0 aliphatic carbocycles. The summed E-state index contributed by atoms with van der Waals surface area (Å²) >= 11 is 1.68. The summed E-state index contributed by atoms with van der Waals surface area (Å²) in [5, 5.41) is 2.81. The van der Waals surface area contributed by atoms with Gasteiger partial charge in [-0.2, -0.15) is 0 Å². The van der Waals surface area contributed by atoms with E-state index in [0.717, 1.165) is 10.6 Å². The van der Waals surface area contributed by atoms with E-state index in [0.29, 0.717) is 0 Å². The van der Waals surface area contributed by atoms with Crippen LogP contribution >= 0.6 is 11.8 Å². The van der Waals surface area contributed by atoms with Gasteiger partial charge in [0.05, 0.1) is 6.04 Å². The molecule has 0 fully saturated rings. The number of aryl methyl sites for hydroxylation is 2. The Morgan fingerprint density at radius 1 is 1.10 bits per heavy atom. The zero-order valence-corrected chi connectivity index (χ0v) is 13.3. The third-order valence-electron chi connectivity index (χ3n) is 2.95. The molecule has 110 valence electrons. The molecule has 4 heteroatoms. The molecule has 21 heavy (non-hydrogen) atoms. The molecule has 0 bridgehead atoms. The van der Waals surface area contributed by atoms with Crippen LogP contribution in [0.15, 0.2) is 52.3 Å². The van der Waals surface area contributed by atoms with E-state index in [9.17, 15) is 4.79 Å². The number of carbonyl (C=O) groups excluding carboxylic acids is 1. The molecule has 2 aromatic carbocycles. The van der Waals surface area contributed by atoms with E-state index < -0.39 is 6.04 Å². The van der Waals surface area contributed by atoms with Crippen LogP contribution in [0.1, 0.15) is 18.1 Å². The molecule has 3 N–H and O–H groups in total. The van der Waals surface area contributed by atoms with Crippen molar-refractivity contribution >= 4 is 23.4 Å². The van der Waals surface area contributed by atoms with Crippen LogP contribution in [0.3, 0.4) is 0 Å². The first-order valence-corrected chi connectivity index (χ1v) is 7.68. The number of benzene rings is 2. The zero-order valence-electron chi connectivity index (χ0n) is 12.5. The molecule has 1 amide bonds. The normalized spacial score (nSPS) is 12.0. The highest BCUT2D eigenvalue weighted by molar-refractivity contribution is 7.99. The number of hydrogen-bond donors (Lipinski definition) is 2. The van der Waals surface area contributed by atoms with E-state index >= 15 is 0 Å². The minimum Gasteiger partial charge on any atom is -0.325 e. The number of amides is 1. The van der Waals surface area contributed by atoms with Gasteiger partial charge >= 0.3 is 0 Å². The van der Waals surface area contributed by atoms with Crippen LogP contribution in [0.4, 0.5) is 5.69 Å². The van der Waals surface area contributed by atoms with Gasteiger partial charge in [-0.1, -0.05) is 23.9 Å². The van der Waals surface area contributed by atoms with E-state index in [1.54, 1.807) is 18.7 Å². The Kier molecular flexibility index (Phi) is 5.04. The van der Waals surface area contributed by atoms with Crippen molar-refractivity contribution in [2.75, 3.05) is 5.32 Å². The molecule has 1 atom stereocenters. The fraction of sp³-hybridized carbons (Fsp3) is 0.235. The van der Waals surface area contributed by atoms with Gasteiger partial charge in [0.1, 0.15) is 0 Å². The standard InChI is InChI=1S/C17H20N2OS/c1-11-7-12(2)9-16(8-11)21-15-6-4-5-14(10-15)19-17(20)13(3)18/h4-10,13H,18H2,1-3H3,(H,19,20). The second-order valence-corrected chi connectivity index (χ2v) is 6.38. The first-order chi connectivity index (χ1) is 9.94. The number of nitrogens with two attached hydrogens (primary N) is 1. The maximum absolute atomic E-state index is 11.6. The van der Waals surface area contributed by atoms with Gasteiger partial charge in [0.2, 0.25) is 5.91 Å². The molecule has 0 aliphatic heterocycles. The molecule has 0 saturated carbocycles. The SMILES string of the molecule is Cc1cc(C)cc(Sc2cccc(NC(=O)C(C)N)c2)c1. The molecule has 0 aromatic heterocycles. The summed E-state index contributed by atoms with van der Waals surface area (Å²) in [5.41, 5.74) is 8.83. The summed E-state index contributed by atoms with van der Waals surface area (Å²) in [6.07, 6.45) is 0. The average Bonchev–Trinajstić information content (AvgIpc) is 2.37. The largest absolute Gasteiger partial charge is 0.325 e. The Balaban J connectivity index is 2.15. The van der Waals surface area contributed by atoms with Crippen LogP contribution in [0, 0.1) is 13.8 Å². The molecular formula is C17H20N2OS. The predicted octanol–water partition coefficient (Wildman–Crippen LogP) is 3.74. The number of carbonyl (C=O) groups is 1. The highest BCUT2D eigenvalue weighted by Crippen LogP contribution is 2.30. The average molecular weight is 300 g/mol. The molecule has 1 unspecified atom stereocenters. The zero-order chi connectivity index (χ0) is 15.4. The van der Waals surface area contributed by atoms with Gasteiger partial charge in [0.15, 0.2) is 0 Å². The minimum absolute atomic E-state index is 0.177. The molecule has 2 rings (SSSR count). The Hall–Kier alpha value is -1.78. The van der Waals surface area contributed by atoms with Crippen molar-refractivity contribution < 1.29 is 4.79 Å². The number of rotatable bonds is 4. The number of anilines is 1. The van der Waals surface area contributed by atoms with Crippen molar-refractivity contribution in [1.82, 2.24) is 0 Å². The minimum atomic E-state index is -0.513. The van der Waals surface area contributed by atoms with Crippen molar-refractivity contribution in [3.63, 3.8) is 0 Å². The van der Waals surface area contributed by atoms with Gasteiger partial charge in [-0.25, -0.2) is 0 Å². The van der Waals surface area contributed by atoms with Crippen molar-refractivity contribution in [2.45, 2.75) is 36.6 Å². The molecule has 0 heterocycles. The van der Waals surface area contributed by atoms with Crippen LogP contribution in [-0.2, 0) is 4.79 Å². The van der Waals surface area contributed by atoms with Crippen LogP contribution in [0.25, 0.3) is 0 Å². The van der Waals surface area contributed by atoms with E-state index in [1.807, 2.05) is 24.3 Å². The van der Waals surface area contributed by atoms with Crippen molar-refractivity contribution in [2.24, 2.45) is 5.73 Å². The van der Waals surface area contributed by atoms with Crippen molar-refractivity contribution in [3.8, 4) is 0 Å². The Labute approximate surface area is 129 Å². The summed E-state index contributed by atoms with van der Waals surface area (Å²) in [6.45, 7) is 5.86. The quantitative estimate of drug-likeness (QED) is 0.904. The summed E-state index contributed by atoms with van der Waals surface area (Å²) < 4.78 is 0.